The number of carbonyl (C=O) groups is 2. The van der Waals surface area contributed by atoms with Gasteiger partial charge in [0.15, 0.2) is 5.76 Å². The van der Waals surface area contributed by atoms with Crippen molar-refractivity contribution < 1.29 is 23.2 Å². The van der Waals surface area contributed by atoms with Crippen LogP contribution in [0, 0.1) is 0 Å². The van der Waals surface area contributed by atoms with Gasteiger partial charge in [-0.1, -0.05) is 12.1 Å². The van der Waals surface area contributed by atoms with Gasteiger partial charge in [0.2, 0.25) is 0 Å². The second-order valence-corrected chi connectivity index (χ2v) is 5.46. The normalized spacial score (nSPS) is 10.5. The lowest BCUT2D eigenvalue weighted by Gasteiger charge is -2.10. The molecule has 0 aliphatic heterocycles. The van der Waals surface area contributed by atoms with Crippen molar-refractivity contribution in [1.29, 1.82) is 0 Å². The summed E-state index contributed by atoms with van der Waals surface area (Å²) in [6.45, 7) is 0.533. The Labute approximate surface area is 149 Å². The Bertz CT molecular complexity index is 883. The molecule has 0 aliphatic rings. The number of rotatable bonds is 7. The summed E-state index contributed by atoms with van der Waals surface area (Å²) in [5, 5.41) is 5.45. The lowest BCUT2D eigenvalue weighted by Crippen LogP contribution is -2.24. The number of benzene rings is 1. The Morgan fingerprint density at radius 2 is 1.85 bits per heavy atom. The van der Waals surface area contributed by atoms with E-state index in [0.29, 0.717) is 22.8 Å². The van der Waals surface area contributed by atoms with E-state index in [1.54, 1.807) is 55.6 Å². The first kappa shape index (κ1) is 17.5. The topological polar surface area (TPSA) is 93.7 Å². The second kappa shape index (κ2) is 8.17. The van der Waals surface area contributed by atoms with Crippen molar-refractivity contribution in [2.24, 2.45) is 0 Å². The van der Waals surface area contributed by atoms with Gasteiger partial charge < -0.3 is 24.2 Å². The van der Waals surface area contributed by atoms with Crippen molar-refractivity contribution in [3.8, 4) is 0 Å². The molecule has 3 aromatic rings. The third-order valence-corrected chi connectivity index (χ3v) is 3.60. The number of methoxy groups -OCH3 is 1. The maximum absolute atomic E-state index is 12.4. The summed E-state index contributed by atoms with van der Waals surface area (Å²) < 4.78 is 15.6. The van der Waals surface area contributed by atoms with Gasteiger partial charge in [-0.2, -0.15) is 0 Å². The molecule has 0 atom stereocenters. The zero-order valence-corrected chi connectivity index (χ0v) is 14.2. The highest BCUT2D eigenvalue weighted by atomic mass is 16.5. The molecule has 7 heteroatoms. The Morgan fingerprint density at radius 1 is 1.00 bits per heavy atom. The fraction of sp³-hybridized carbons (Fsp3) is 0.158. The standard InChI is InChI=1S/C19H18N2O5/c1-24-12-14-8-9-17(26-14)19(23)21-16-7-3-2-6-15(16)18(22)20-11-13-5-4-10-25-13/h2-10H,11-12H2,1H3,(H,20,22)(H,21,23). The van der Waals surface area contributed by atoms with Crippen molar-refractivity contribution in [1.82, 2.24) is 5.32 Å². The second-order valence-electron chi connectivity index (χ2n) is 5.46. The summed E-state index contributed by atoms with van der Waals surface area (Å²) in [6.07, 6.45) is 1.54. The predicted octanol–water partition coefficient (Wildman–Crippen LogP) is 3.20. The van der Waals surface area contributed by atoms with Crippen molar-refractivity contribution in [3.05, 3.63) is 77.6 Å². The van der Waals surface area contributed by atoms with Gasteiger partial charge in [0, 0.05) is 7.11 Å². The van der Waals surface area contributed by atoms with Crippen LogP contribution in [-0.4, -0.2) is 18.9 Å². The maximum atomic E-state index is 12.4. The van der Waals surface area contributed by atoms with Crippen LogP contribution in [0.1, 0.15) is 32.4 Å². The van der Waals surface area contributed by atoms with Gasteiger partial charge in [-0.3, -0.25) is 9.59 Å². The molecule has 2 aromatic heterocycles. The average molecular weight is 354 g/mol. The quantitative estimate of drug-likeness (QED) is 0.679. The minimum Gasteiger partial charge on any atom is -0.467 e. The number of anilines is 1. The summed E-state index contributed by atoms with van der Waals surface area (Å²) in [7, 11) is 1.54. The van der Waals surface area contributed by atoms with Gasteiger partial charge in [-0.15, -0.1) is 0 Å². The number of amides is 2. The van der Waals surface area contributed by atoms with Crippen LogP contribution in [0.4, 0.5) is 5.69 Å². The fourth-order valence-electron chi connectivity index (χ4n) is 2.37. The molecular weight excluding hydrogens is 336 g/mol. The first-order valence-electron chi connectivity index (χ1n) is 7.96. The molecule has 0 bridgehead atoms. The van der Waals surface area contributed by atoms with Crippen molar-refractivity contribution in [2.75, 3.05) is 12.4 Å². The Morgan fingerprint density at radius 3 is 2.62 bits per heavy atom. The molecule has 2 N–H and O–H groups in total. The lowest BCUT2D eigenvalue weighted by atomic mass is 10.1. The number of hydrogen-bond acceptors (Lipinski definition) is 5. The molecule has 0 radical (unpaired) electrons. The molecule has 2 heterocycles. The smallest absolute Gasteiger partial charge is 0.291 e. The monoisotopic (exact) mass is 354 g/mol. The van der Waals surface area contributed by atoms with Gasteiger partial charge in [-0.25, -0.2) is 0 Å². The van der Waals surface area contributed by atoms with Gasteiger partial charge in [0.05, 0.1) is 24.1 Å². The van der Waals surface area contributed by atoms with E-state index < -0.39 is 5.91 Å². The van der Waals surface area contributed by atoms with Gasteiger partial charge in [0.1, 0.15) is 18.1 Å². The van der Waals surface area contributed by atoms with Crippen LogP contribution in [-0.2, 0) is 17.9 Å². The minimum atomic E-state index is -0.446. The van der Waals surface area contributed by atoms with Crippen LogP contribution in [0.15, 0.2) is 63.6 Å². The number of ether oxygens (including phenoxy) is 1. The van der Waals surface area contributed by atoms with Crippen molar-refractivity contribution in [3.63, 3.8) is 0 Å². The van der Waals surface area contributed by atoms with E-state index in [4.69, 9.17) is 13.6 Å². The van der Waals surface area contributed by atoms with Crippen LogP contribution in [0.2, 0.25) is 0 Å². The summed E-state index contributed by atoms with van der Waals surface area (Å²) in [4.78, 5) is 24.8. The van der Waals surface area contributed by atoms with E-state index in [0.717, 1.165) is 0 Å². The third kappa shape index (κ3) is 4.20. The Kier molecular flexibility index (Phi) is 5.50. The summed E-state index contributed by atoms with van der Waals surface area (Å²) >= 11 is 0. The lowest BCUT2D eigenvalue weighted by molar-refractivity contribution is 0.0949. The molecule has 0 spiro atoms. The molecule has 3 rings (SSSR count). The first-order chi connectivity index (χ1) is 12.7. The predicted molar refractivity (Wildman–Crippen MR) is 93.7 cm³/mol. The molecule has 134 valence electrons. The fourth-order valence-corrected chi connectivity index (χ4v) is 2.37. The molecule has 0 saturated carbocycles. The van der Waals surface area contributed by atoms with Gasteiger partial charge >= 0.3 is 0 Å². The summed E-state index contributed by atoms with van der Waals surface area (Å²) in [5.41, 5.74) is 0.732. The van der Waals surface area contributed by atoms with E-state index >= 15 is 0 Å². The van der Waals surface area contributed by atoms with Crippen LogP contribution >= 0.6 is 0 Å². The van der Waals surface area contributed by atoms with Gasteiger partial charge in [-0.05, 0) is 36.4 Å². The first-order valence-corrected chi connectivity index (χ1v) is 7.96. The van der Waals surface area contributed by atoms with E-state index in [-0.39, 0.29) is 24.8 Å². The molecule has 7 nitrogen and oxygen atoms in total. The zero-order chi connectivity index (χ0) is 18.4. The maximum Gasteiger partial charge on any atom is 0.291 e. The van der Waals surface area contributed by atoms with E-state index in [1.807, 2.05) is 0 Å². The molecule has 0 unspecified atom stereocenters. The van der Waals surface area contributed by atoms with Crippen molar-refractivity contribution >= 4 is 17.5 Å². The average Bonchev–Trinajstić information content (AvgIpc) is 3.32. The number of furan rings is 2. The molecule has 2 amide bonds. The number of carbonyl (C=O) groups excluding carboxylic acids is 2. The van der Waals surface area contributed by atoms with Crippen LogP contribution in [0.5, 0.6) is 0 Å². The third-order valence-electron chi connectivity index (χ3n) is 3.60. The van der Waals surface area contributed by atoms with Crippen LogP contribution in [0.3, 0.4) is 0 Å². The Balaban J connectivity index is 1.69. The molecule has 0 fully saturated rings. The molecule has 0 saturated heterocycles. The van der Waals surface area contributed by atoms with Crippen molar-refractivity contribution in [2.45, 2.75) is 13.2 Å². The minimum absolute atomic E-state index is 0.142. The number of hydrogen-bond donors (Lipinski definition) is 2. The number of para-hydroxylation sites is 1. The van der Waals surface area contributed by atoms with Crippen LogP contribution in [0.25, 0.3) is 0 Å². The highest BCUT2D eigenvalue weighted by molar-refractivity contribution is 6.07. The Hall–Kier alpha value is -3.32. The highest BCUT2D eigenvalue weighted by Gasteiger charge is 2.16. The molecule has 26 heavy (non-hydrogen) atoms. The van der Waals surface area contributed by atoms with Gasteiger partial charge in [0.25, 0.3) is 11.8 Å². The van der Waals surface area contributed by atoms with Crippen LogP contribution < -0.4 is 10.6 Å². The van der Waals surface area contributed by atoms with E-state index in [9.17, 15) is 9.59 Å². The zero-order valence-electron chi connectivity index (χ0n) is 14.2. The molecule has 1 aromatic carbocycles. The van der Waals surface area contributed by atoms with E-state index in [1.165, 1.54) is 6.26 Å². The SMILES string of the molecule is COCc1ccc(C(=O)Nc2ccccc2C(=O)NCc2ccco2)o1. The highest BCUT2D eigenvalue weighted by Crippen LogP contribution is 2.18. The molecule has 0 aliphatic carbocycles. The summed E-state index contributed by atoms with van der Waals surface area (Å²) in [6, 6.07) is 13.5. The largest absolute Gasteiger partial charge is 0.467 e. The van der Waals surface area contributed by atoms with E-state index in [2.05, 4.69) is 10.6 Å². The summed E-state index contributed by atoms with van der Waals surface area (Å²) in [5.74, 6) is 0.557. The molecular formula is C19H18N2O5. The number of nitrogens with one attached hydrogen (secondary N) is 2.